The van der Waals surface area contributed by atoms with Crippen LogP contribution in [0, 0.1) is 0 Å². The molecular weight excluding hydrogens is 464 g/mol. The monoisotopic (exact) mass is 488 g/mol. The highest BCUT2D eigenvalue weighted by Crippen LogP contribution is 2.27. The summed E-state index contributed by atoms with van der Waals surface area (Å²) in [5.41, 5.74) is 3.29. The van der Waals surface area contributed by atoms with Gasteiger partial charge in [-0.15, -0.1) is 0 Å². The average molecular weight is 489 g/mol. The third-order valence-electron chi connectivity index (χ3n) is 4.75. The van der Waals surface area contributed by atoms with Gasteiger partial charge in [0.25, 0.3) is 0 Å². The Labute approximate surface area is 208 Å². The predicted octanol–water partition coefficient (Wildman–Crippen LogP) is 5.74. The molecule has 0 fully saturated rings. The fraction of sp³-hybridized carbons (Fsp3) is 0.107. The molecule has 0 aromatic heterocycles. The molecule has 3 rings (SSSR count). The Morgan fingerprint density at radius 3 is 2.03 bits per heavy atom. The number of esters is 1. The second-order valence-corrected chi connectivity index (χ2v) is 8.31. The number of thioether (sulfide) groups is 1. The molecule has 0 bridgehead atoms. The van der Waals surface area contributed by atoms with Crippen molar-refractivity contribution >= 4 is 29.1 Å². The Morgan fingerprint density at radius 1 is 0.829 bits per heavy atom. The predicted molar refractivity (Wildman–Crippen MR) is 136 cm³/mol. The van der Waals surface area contributed by atoms with Crippen molar-refractivity contribution in [1.29, 1.82) is 0 Å². The first-order valence-corrected chi connectivity index (χ1v) is 11.5. The molecule has 0 atom stereocenters. The van der Waals surface area contributed by atoms with E-state index in [1.54, 1.807) is 36.4 Å². The lowest BCUT2D eigenvalue weighted by atomic mass is 10.0. The lowest BCUT2D eigenvalue weighted by Gasteiger charge is -2.08. The normalized spacial score (nSPS) is 10.3. The molecule has 3 aromatic carbocycles. The Morgan fingerprint density at radius 2 is 1.43 bits per heavy atom. The van der Waals surface area contributed by atoms with Crippen LogP contribution in [0.2, 0.25) is 0 Å². The van der Waals surface area contributed by atoms with Crippen LogP contribution in [-0.2, 0) is 14.3 Å². The minimum absolute atomic E-state index is 0.0786. The van der Waals surface area contributed by atoms with Crippen LogP contribution in [0.5, 0.6) is 5.75 Å². The average Bonchev–Trinajstić information content (AvgIpc) is 2.89. The van der Waals surface area contributed by atoms with Gasteiger partial charge in [0.05, 0.1) is 25.0 Å². The number of benzene rings is 3. The minimum Gasteiger partial charge on any atom is -0.491 e. The number of rotatable bonds is 12. The molecule has 0 unspecified atom stereocenters. The zero-order chi connectivity index (χ0) is 25.0. The van der Waals surface area contributed by atoms with Crippen molar-refractivity contribution in [3.8, 4) is 16.9 Å². The van der Waals surface area contributed by atoms with Crippen molar-refractivity contribution in [2.75, 3.05) is 19.8 Å². The highest BCUT2D eigenvalue weighted by molar-refractivity contribution is 8.14. The number of ether oxygens (including phenoxy) is 3. The Hall–Kier alpha value is -3.94. The van der Waals surface area contributed by atoms with Gasteiger partial charge in [-0.1, -0.05) is 37.4 Å². The van der Waals surface area contributed by atoms with Gasteiger partial charge >= 0.3 is 5.97 Å². The fourth-order valence-electron chi connectivity index (χ4n) is 2.97. The summed E-state index contributed by atoms with van der Waals surface area (Å²) in [4.78, 5) is 35.6. The van der Waals surface area contributed by atoms with Crippen molar-refractivity contribution in [2.24, 2.45) is 0 Å². The molecular formula is C28H24O6S. The van der Waals surface area contributed by atoms with E-state index in [1.807, 2.05) is 36.4 Å². The van der Waals surface area contributed by atoms with Gasteiger partial charge in [-0.3, -0.25) is 9.59 Å². The molecule has 3 aromatic rings. The van der Waals surface area contributed by atoms with Crippen molar-refractivity contribution in [3.05, 3.63) is 109 Å². The first kappa shape index (κ1) is 25.7. The van der Waals surface area contributed by atoms with Gasteiger partial charge in [0.15, 0.2) is 0 Å². The SMILES string of the molecule is C=COC(=O)c1ccc(-c2ccc(SC(=O)c3ccc(OCCOCC(=C)C=O)cc3)cc2)cc1. The van der Waals surface area contributed by atoms with E-state index in [9.17, 15) is 14.4 Å². The summed E-state index contributed by atoms with van der Waals surface area (Å²) in [6.45, 7) is 7.73. The summed E-state index contributed by atoms with van der Waals surface area (Å²) in [5, 5.41) is -0.0786. The number of hydrogen-bond acceptors (Lipinski definition) is 7. The van der Waals surface area contributed by atoms with Gasteiger partial charge in [-0.25, -0.2) is 4.79 Å². The highest BCUT2D eigenvalue weighted by atomic mass is 32.2. The van der Waals surface area contributed by atoms with E-state index in [2.05, 4.69) is 13.2 Å². The van der Waals surface area contributed by atoms with E-state index in [0.29, 0.717) is 41.9 Å². The van der Waals surface area contributed by atoms with E-state index in [-0.39, 0.29) is 11.7 Å². The van der Waals surface area contributed by atoms with Crippen LogP contribution >= 0.6 is 11.8 Å². The topological polar surface area (TPSA) is 78.9 Å². The highest BCUT2D eigenvalue weighted by Gasteiger charge is 2.10. The molecule has 35 heavy (non-hydrogen) atoms. The van der Waals surface area contributed by atoms with Gasteiger partial charge in [0.2, 0.25) is 5.12 Å². The van der Waals surface area contributed by atoms with Gasteiger partial charge in [0.1, 0.15) is 18.6 Å². The number of carbonyl (C=O) groups excluding carboxylic acids is 3. The second kappa shape index (κ2) is 13.1. The van der Waals surface area contributed by atoms with E-state index in [4.69, 9.17) is 14.2 Å². The molecule has 0 heterocycles. The summed E-state index contributed by atoms with van der Waals surface area (Å²) >= 11 is 1.14. The maximum Gasteiger partial charge on any atom is 0.342 e. The minimum atomic E-state index is -0.455. The number of hydrogen-bond donors (Lipinski definition) is 0. The van der Waals surface area contributed by atoms with Crippen LogP contribution in [0.4, 0.5) is 0 Å². The fourth-order valence-corrected chi connectivity index (χ4v) is 3.71. The molecule has 0 radical (unpaired) electrons. The molecule has 0 aliphatic heterocycles. The van der Waals surface area contributed by atoms with Gasteiger partial charge in [-0.2, -0.15) is 0 Å². The van der Waals surface area contributed by atoms with Crippen molar-refractivity contribution < 1.29 is 28.6 Å². The first-order valence-electron chi connectivity index (χ1n) is 10.7. The lowest BCUT2D eigenvalue weighted by Crippen LogP contribution is -2.08. The van der Waals surface area contributed by atoms with Gasteiger partial charge in [0, 0.05) is 16.0 Å². The van der Waals surface area contributed by atoms with E-state index in [0.717, 1.165) is 34.0 Å². The maximum absolute atomic E-state index is 12.6. The van der Waals surface area contributed by atoms with Crippen LogP contribution in [0.15, 0.2) is 103 Å². The molecule has 0 spiro atoms. The maximum atomic E-state index is 12.6. The third kappa shape index (κ3) is 7.81. The van der Waals surface area contributed by atoms with Crippen molar-refractivity contribution in [1.82, 2.24) is 0 Å². The second-order valence-electron chi connectivity index (χ2n) is 7.26. The van der Waals surface area contributed by atoms with Gasteiger partial charge in [-0.05, 0) is 71.4 Å². The van der Waals surface area contributed by atoms with E-state index >= 15 is 0 Å². The number of aldehydes is 1. The molecule has 0 saturated carbocycles. The summed E-state index contributed by atoms with van der Waals surface area (Å²) < 4.78 is 15.6. The summed E-state index contributed by atoms with van der Waals surface area (Å²) in [6, 6.07) is 21.6. The third-order valence-corrected chi connectivity index (χ3v) is 5.68. The van der Waals surface area contributed by atoms with Crippen LogP contribution < -0.4 is 4.74 Å². The molecule has 6 nitrogen and oxygen atoms in total. The smallest absolute Gasteiger partial charge is 0.342 e. The number of carbonyl (C=O) groups is 3. The molecule has 0 aliphatic rings. The molecule has 7 heteroatoms. The summed E-state index contributed by atoms with van der Waals surface area (Å²) in [6.07, 6.45) is 1.76. The van der Waals surface area contributed by atoms with Crippen molar-refractivity contribution in [3.63, 3.8) is 0 Å². The van der Waals surface area contributed by atoms with Crippen LogP contribution in [0.25, 0.3) is 11.1 Å². The van der Waals surface area contributed by atoms with Crippen LogP contribution in [0.3, 0.4) is 0 Å². The molecule has 0 saturated heterocycles. The quantitative estimate of drug-likeness (QED) is 0.0804. The Kier molecular flexibility index (Phi) is 9.59. The molecule has 0 amide bonds. The Bertz CT molecular complexity index is 1180. The molecule has 0 aliphatic carbocycles. The van der Waals surface area contributed by atoms with E-state index < -0.39 is 5.97 Å². The largest absolute Gasteiger partial charge is 0.491 e. The molecule has 178 valence electrons. The van der Waals surface area contributed by atoms with Crippen molar-refractivity contribution in [2.45, 2.75) is 4.90 Å². The zero-order valence-corrected chi connectivity index (χ0v) is 19.8. The van der Waals surface area contributed by atoms with Gasteiger partial charge < -0.3 is 14.2 Å². The Balaban J connectivity index is 1.51. The molecule has 0 N–H and O–H groups in total. The first-order chi connectivity index (χ1) is 17.0. The summed E-state index contributed by atoms with van der Waals surface area (Å²) in [7, 11) is 0. The standard InChI is InChI=1S/C28H24O6S/c1-3-33-27(30)23-6-4-21(5-7-23)22-10-14-26(15-11-22)35-28(31)24-8-12-25(13-9-24)34-17-16-32-19-20(2)18-29/h3-15,18H,1-2,16-17,19H2. The van der Waals surface area contributed by atoms with E-state index in [1.165, 1.54) is 0 Å². The van der Waals surface area contributed by atoms with Crippen LogP contribution in [0.1, 0.15) is 20.7 Å². The summed E-state index contributed by atoms with van der Waals surface area (Å²) in [5.74, 6) is 0.167. The lowest BCUT2D eigenvalue weighted by molar-refractivity contribution is -0.105. The van der Waals surface area contributed by atoms with Crippen LogP contribution in [-0.4, -0.2) is 37.2 Å². The zero-order valence-electron chi connectivity index (χ0n) is 19.0.